The van der Waals surface area contributed by atoms with Crippen LogP contribution in [-0.4, -0.2) is 44.7 Å². The summed E-state index contributed by atoms with van der Waals surface area (Å²) in [5, 5.41) is 3.46. The quantitative estimate of drug-likeness (QED) is 0.327. The Kier molecular flexibility index (Phi) is 7.51. The largest absolute Gasteiger partial charge is 0.496 e. The van der Waals surface area contributed by atoms with Crippen LogP contribution in [0, 0.1) is 0 Å². The summed E-state index contributed by atoms with van der Waals surface area (Å²) in [6.07, 6.45) is 1.37. The highest BCUT2D eigenvalue weighted by atomic mass is 35.5. The lowest BCUT2D eigenvalue weighted by Gasteiger charge is -2.32. The lowest BCUT2D eigenvalue weighted by molar-refractivity contribution is 0.00578. The molecule has 0 unspecified atom stereocenters. The molecular weight excluding hydrogens is 513 g/mol. The van der Waals surface area contributed by atoms with E-state index >= 15 is 0 Å². The normalized spacial score (nSPS) is 17.5. The summed E-state index contributed by atoms with van der Waals surface area (Å²) in [6, 6.07) is 21.9. The Bertz CT molecular complexity index is 1360. The molecule has 0 radical (unpaired) electrons. The fourth-order valence-electron chi connectivity index (χ4n) is 5.04. The van der Waals surface area contributed by atoms with E-state index < -0.39 is 24.4 Å². The molecule has 2 aliphatic rings. The van der Waals surface area contributed by atoms with Crippen LogP contribution >= 0.6 is 11.6 Å². The van der Waals surface area contributed by atoms with Crippen molar-refractivity contribution in [2.45, 2.75) is 44.8 Å². The van der Waals surface area contributed by atoms with E-state index in [4.69, 9.17) is 30.4 Å². The monoisotopic (exact) mass is 545 g/mol. The van der Waals surface area contributed by atoms with Crippen LogP contribution in [0.3, 0.4) is 0 Å². The van der Waals surface area contributed by atoms with Gasteiger partial charge in [0, 0.05) is 23.0 Å². The molecule has 1 fully saturated rings. The number of ether oxygens (including phenoxy) is 2. The molecular formula is C31H33BClNO5. The number of hydrogen-bond acceptors (Lipinski definition) is 5. The van der Waals surface area contributed by atoms with E-state index in [-0.39, 0.29) is 19.1 Å². The van der Waals surface area contributed by atoms with Gasteiger partial charge in [0.05, 0.1) is 18.3 Å². The van der Waals surface area contributed by atoms with Gasteiger partial charge in [-0.15, -0.1) is 0 Å². The van der Waals surface area contributed by atoms with Crippen LogP contribution < -0.4 is 10.1 Å². The molecule has 0 atom stereocenters. The van der Waals surface area contributed by atoms with Gasteiger partial charge in [-0.25, -0.2) is 4.79 Å². The van der Waals surface area contributed by atoms with E-state index in [1.807, 2.05) is 58.0 Å². The summed E-state index contributed by atoms with van der Waals surface area (Å²) in [6.45, 7) is 8.35. The first-order valence-electron chi connectivity index (χ1n) is 13.1. The van der Waals surface area contributed by atoms with Crippen molar-refractivity contribution in [3.8, 4) is 16.9 Å². The van der Waals surface area contributed by atoms with Gasteiger partial charge in [0.2, 0.25) is 0 Å². The number of benzene rings is 3. The number of halogens is 1. The van der Waals surface area contributed by atoms with E-state index in [0.29, 0.717) is 16.2 Å². The average molecular weight is 546 g/mol. The maximum atomic E-state index is 12.9. The van der Waals surface area contributed by atoms with Crippen molar-refractivity contribution in [1.29, 1.82) is 0 Å². The zero-order chi connectivity index (χ0) is 27.8. The van der Waals surface area contributed by atoms with Crippen LogP contribution in [0.2, 0.25) is 5.02 Å². The van der Waals surface area contributed by atoms with Gasteiger partial charge in [0.25, 0.3) is 0 Å². The molecule has 1 N–H and O–H groups in total. The van der Waals surface area contributed by atoms with Gasteiger partial charge < -0.3 is 24.1 Å². The van der Waals surface area contributed by atoms with E-state index in [2.05, 4.69) is 29.6 Å². The number of rotatable bonds is 7. The third-order valence-corrected chi connectivity index (χ3v) is 8.10. The summed E-state index contributed by atoms with van der Waals surface area (Å²) in [5.41, 5.74) is 5.08. The molecule has 0 aromatic heterocycles. The standard InChI is InChI=1S/C31H33BClNO5/c1-30(2)31(3,4)39-32(38-30)21(16-20-17-22(33)14-15-28(20)36-5)18-34-29(35)37-19-27-25-12-8-6-10-23(25)24-11-7-9-13-26(24)27/h6-17,27H,18-19H2,1-5H3,(H,34,35). The maximum absolute atomic E-state index is 12.9. The van der Waals surface area contributed by atoms with E-state index in [0.717, 1.165) is 16.7 Å². The van der Waals surface area contributed by atoms with Crippen molar-refractivity contribution in [3.05, 3.63) is 93.9 Å². The Balaban J connectivity index is 1.33. The fourth-order valence-corrected chi connectivity index (χ4v) is 5.22. The molecule has 6 nitrogen and oxygen atoms in total. The Morgan fingerprint density at radius 2 is 1.56 bits per heavy atom. The summed E-state index contributed by atoms with van der Waals surface area (Å²) in [4.78, 5) is 12.9. The zero-order valence-corrected chi connectivity index (χ0v) is 23.7. The van der Waals surface area contributed by atoms with Gasteiger partial charge in [-0.2, -0.15) is 0 Å². The summed E-state index contributed by atoms with van der Waals surface area (Å²) in [7, 11) is 0.928. The summed E-state index contributed by atoms with van der Waals surface area (Å²) < 4.78 is 23.9. The van der Waals surface area contributed by atoms with Gasteiger partial charge in [-0.1, -0.05) is 66.2 Å². The van der Waals surface area contributed by atoms with E-state index in [1.54, 1.807) is 25.3 Å². The SMILES string of the molecule is COc1ccc(Cl)cc1C=C(CNC(=O)OCC1c2ccccc2-c2ccccc21)B1OC(C)(C)C(C)(C)O1. The highest BCUT2D eigenvalue weighted by Crippen LogP contribution is 2.44. The van der Waals surface area contributed by atoms with Gasteiger partial charge in [-0.3, -0.25) is 0 Å². The van der Waals surface area contributed by atoms with Crippen LogP contribution in [0.5, 0.6) is 5.75 Å². The van der Waals surface area contributed by atoms with Crippen LogP contribution in [0.25, 0.3) is 17.2 Å². The van der Waals surface area contributed by atoms with Crippen molar-refractivity contribution in [2.24, 2.45) is 0 Å². The third kappa shape index (κ3) is 5.44. The van der Waals surface area contributed by atoms with Gasteiger partial charge in [0.15, 0.2) is 0 Å². The molecule has 3 aromatic rings. The van der Waals surface area contributed by atoms with Crippen molar-refractivity contribution >= 4 is 30.9 Å². The topological polar surface area (TPSA) is 66.0 Å². The van der Waals surface area contributed by atoms with Crippen LogP contribution in [0.4, 0.5) is 4.79 Å². The molecule has 1 amide bonds. The molecule has 8 heteroatoms. The molecule has 0 spiro atoms. The first-order valence-corrected chi connectivity index (χ1v) is 13.5. The molecule has 1 aliphatic heterocycles. The van der Waals surface area contributed by atoms with Crippen LogP contribution in [0.1, 0.15) is 50.3 Å². The lowest BCUT2D eigenvalue weighted by atomic mass is 9.77. The second-order valence-corrected chi connectivity index (χ2v) is 11.3. The molecule has 202 valence electrons. The second-order valence-electron chi connectivity index (χ2n) is 10.9. The molecule has 0 saturated carbocycles. The van der Waals surface area contributed by atoms with Crippen LogP contribution in [-0.2, 0) is 14.0 Å². The minimum Gasteiger partial charge on any atom is -0.496 e. The van der Waals surface area contributed by atoms with Crippen molar-refractivity contribution in [3.63, 3.8) is 0 Å². The first kappa shape index (κ1) is 27.3. The summed E-state index contributed by atoms with van der Waals surface area (Å²) >= 11 is 6.27. The number of carbonyl (C=O) groups is 1. The zero-order valence-electron chi connectivity index (χ0n) is 22.9. The second kappa shape index (κ2) is 10.7. The highest BCUT2D eigenvalue weighted by molar-refractivity contribution is 6.56. The summed E-state index contributed by atoms with van der Waals surface area (Å²) in [5.74, 6) is 0.631. The number of amides is 1. The fraction of sp³-hybridized carbons (Fsp3) is 0.323. The molecule has 39 heavy (non-hydrogen) atoms. The third-order valence-electron chi connectivity index (χ3n) is 7.87. The van der Waals surface area contributed by atoms with E-state index in [1.165, 1.54) is 11.1 Å². The van der Waals surface area contributed by atoms with Gasteiger partial charge >= 0.3 is 13.2 Å². The first-order chi connectivity index (χ1) is 18.6. The Morgan fingerprint density at radius 3 is 2.15 bits per heavy atom. The molecule has 1 heterocycles. The number of methoxy groups -OCH3 is 1. The van der Waals surface area contributed by atoms with Crippen molar-refractivity contribution in [2.75, 3.05) is 20.3 Å². The molecule has 3 aromatic carbocycles. The Hall–Kier alpha value is -3.26. The maximum Gasteiger partial charge on any atom is 0.492 e. The predicted octanol–water partition coefficient (Wildman–Crippen LogP) is 6.90. The number of alkyl carbamates (subject to hydrolysis) is 1. The van der Waals surface area contributed by atoms with Gasteiger partial charge in [0.1, 0.15) is 12.4 Å². The Labute approximate surface area is 235 Å². The Morgan fingerprint density at radius 1 is 0.974 bits per heavy atom. The molecule has 1 aliphatic carbocycles. The van der Waals surface area contributed by atoms with E-state index in [9.17, 15) is 4.79 Å². The van der Waals surface area contributed by atoms with Crippen LogP contribution in [0.15, 0.2) is 72.2 Å². The number of nitrogens with one attached hydrogen (secondary N) is 1. The van der Waals surface area contributed by atoms with Crippen molar-refractivity contribution in [1.82, 2.24) is 5.32 Å². The van der Waals surface area contributed by atoms with Crippen molar-refractivity contribution < 1.29 is 23.6 Å². The highest BCUT2D eigenvalue weighted by Gasteiger charge is 2.52. The minimum atomic E-state index is -0.674. The molecule has 5 rings (SSSR count). The number of carbonyl (C=O) groups excluding carboxylic acids is 1. The number of fused-ring (bicyclic) bond motifs is 3. The molecule has 1 saturated heterocycles. The average Bonchev–Trinajstić information content (AvgIpc) is 3.34. The van der Waals surface area contributed by atoms with Gasteiger partial charge in [-0.05, 0) is 73.6 Å². The molecule has 0 bridgehead atoms. The predicted molar refractivity (Wildman–Crippen MR) is 155 cm³/mol. The smallest absolute Gasteiger partial charge is 0.492 e. The number of hydrogen-bond donors (Lipinski definition) is 1. The lowest BCUT2D eigenvalue weighted by Crippen LogP contribution is -2.41. The minimum absolute atomic E-state index is 0.0167.